The van der Waals surface area contributed by atoms with Gasteiger partial charge in [0.15, 0.2) is 6.61 Å². The van der Waals surface area contributed by atoms with E-state index in [0.29, 0.717) is 24.5 Å². The van der Waals surface area contributed by atoms with Gasteiger partial charge in [0.25, 0.3) is 5.91 Å². The van der Waals surface area contributed by atoms with Crippen LogP contribution in [0.1, 0.15) is 36.8 Å². The number of carbonyl (C=O) groups is 1. The number of amides is 1. The second kappa shape index (κ2) is 9.41. The third-order valence-corrected chi connectivity index (χ3v) is 7.10. The Hall–Kier alpha value is -2.38. The van der Waals surface area contributed by atoms with Crippen molar-refractivity contribution in [3.8, 4) is 5.75 Å². The average Bonchev–Trinajstić information content (AvgIpc) is 2.99. The summed E-state index contributed by atoms with van der Waals surface area (Å²) in [5.74, 6) is 0.341. The van der Waals surface area contributed by atoms with Crippen LogP contribution < -0.4 is 10.1 Å². The zero-order valence-corrected chi connectivity index (χ0v) is 17.8. The van der Waals surface area contributed by atoms with Crippen LogP contribution >= 0.6 is 0 Å². The van der Waals surface area contributed by atoms with Gasteiger partial charge in [-0.05, 0) is 74.2 Å². The van der Waals surface area contributed by atoms with Crippen molar-refractivity contribution in [1.82, 2.24) is 4.31 Å². The van der Waals surface area contributed by atoms with E-state index >= 15 is 0 Å². The number of nitrogens with zero attached hydrogens (tertiary/aromatic N) is 1. The summed E-state index contributed by atoms with van der Waals surface area (Å²) in [6.07, 6.45) is 3.93. The number of aryl methyl sites for hydroxylation is 2. The Bertz CT molecular complexity index is 947. The zero-order chi connectivity index (χ0) is 20.9. The first-order valence-electron chi connectivity index (χ1n) is 9.96. The van der Waals surface area contributed by atoms with E-state index < -0.39 is 10.0 Å². The van der Waals surface area contributed by atoms with E-state index in [1.165, 1.54) is 0 Å². The molecule has 0 bridgehead atoms. The lowest BCUT2D eigenvalue weighted by Crippen LogP contribution is -2.31. The zero-order valence-electron chi connectivity index (χ0n) is 17.0. The molecule has 2 aromatic rings. The van der Waals surface area contributed by atoms with Gasteiger partial charge in [-0.3, -0.25) is 4.79 Å². The van der Waals surface area contributed by atoms with Crippen molar-refractivity contribution in [2.45, 2.75) is 44.4 Å². The predicted octanol–water partition coefficient (Wildman–Crippen LogP) is 3.89. The van der Waals surface area contributed by atoms with E-state index in [0.717, 1.165) is 36.8 Å². The number of anilines is 1. The van der Waals surface area contributed by atoms with Crippen molar-refractivity contribution in [3.63, 3.8) is 0 Å². The minimum Gasteiger partial charge on any atom is -0.484 e. The Morgan fingerprint density at radius 3 is 2.24 bits per heavy atom. The molecule has 156 valence electrons. The van der Waals surface area contributed by atoms with E-state index in [-0.39, 0.29) is 17.4 Å². The smallest absolute Gasteiger partial charge is 0.262 e. The Kier molecular flexibility index (Phi) is 6.92. The van der Waals surface area contributed by atoms with Gasteiger partial charge in [0.2, 0.25) is 10.0 Å². The monoisotopic (exact) mass is 416 g/mol. The lowest BCUT2D eigenvalue weighted by molar-refractivity contribution is -0.118. The lowest BCUT2D eigenvalue weighted by atomic mass is 10.1. The molecule has 1 amide bonds. The van der Waals surface area contributed by atoms with Crippen molar-refractivity contribution < 1.29 is 17.9 Å². The van der Waals surface area contributed by atoms with E-state index in [4.69, 9.17) is 4.74 Å². The van der Waals surface area contributed by atoms with Crippen LogP contribution in [0.15, 0.2) is 47.4 Å². The molecular weight excluding hydrogens is 388 g/mol. The number of ether oxygens (including phenoxy) is 1. The highest BCUT2D eigenvalue weighted by Crippen LogP contribution is 2.22. The van der Waals surface area contributed by atoms with Crippen LogP contribution in [0.5, 0.6) is 5.75 Å². The fourth-order valence-corrected chi connectivity index (χ4v) is 4.81. The van der Waals surface area contributed by atoms with E-state index in [2.05, 4.69) is 5.32 Å². The summed E-state index contributed by atoms with van der Waals surface area (Å²) in [6, 6.07) is 12.0. The fraction of sp³-hybridized carbons (Fsp3) is 0.409. The second-order valence-corrected chi connectivity index (χ2v) is 9.36. The summed E-state index contributed by atoms with van der Waals surface area (Å²) in [4.78, 5) is 12.4. The van der Waals surface area contributed by atoms with Crippen molar-refractivity contribution in [3.05, 3.63) is 53.6 Å². The van der Waals surface area contributed by atoms with Gasteiger partial charge < -0.3 is 10.1 Å². The quantitative estimate of drug-likeness (QED) is 0.775. The van der Waals surface area contributed by atoms with Crippen LogP contribution in [0, 0.1) is 13.8 Å². The SMILES string of the molecule is Cc1ccc(OCC(=O)Nc2ccc(S(=O)(=O)N3CCCCCC3)cc2)cc1C. The summed E-state index contributed by atoms with van der Waals surface area (Å²) >= 11 is 0. The van der Waals surface area contributed by atoms with Crippen LogP contribution in [-0.2, 0) is 14.8 Å². The third kappa shape index (κ3) is 5.58. The molecule has 2 aromatic carbocycles. The fourth-order valence-electron chi connectivity index (χ4n) is 3.29. The van der Waals surface area contributed by atoms with Crippen LogP contribution in [0.2, 0.25) is 0 Å². The Balaban J connectivity index is 1.58. The highest BCUT2D eigenvalue weighted by atomic mass is 32.2. The molecule has 3 rings (SSSR count). The summed E-state index contributed by atoms with van der Waals surface area (Å²) < 4.78 is 32.7. The maximum Gasteiger partial charge on any atom is 0.262 e. The largest absolute Gasteiger partial charge is 0.484 e. The molecule has 1 fully saturated rings. The molecule has 1 saturated heterocycles. The number of benzene rings is 2. The third-order valence-electron chi connectivity index (χ3n) is 5.19. The molecule has 0 atom stereocenters. The molecule has 0 saturated carbocycles. The van der Waals surface area contributed by atoms with E-state index in [9.17, 15) is 13.2 Å². The van der Waals surface area contributed by atoms with Crippen molar-refractivity contribution in [1.29, 1.82) is 0 Å². The van der Waals surface area contributed by atoms with Gasteiger partial charge in [0, 0.05) is 18.8 Å². The van der Waals surface area contributed by atoms with Gasteiger partial charge in [-0.25, -0.2) is 8.42 Å². The number of rotatable bonds is 6. The lowest BCUT2D eigenvalue weighted by Gasteiger charge is -2.20. The van der Waals surface area contributed by atoms with Gasteiger partial charge in [0.05, 0.1) is 4.90 Å². The minimum absolute atomic E-state index is 0.115. The minimum atomic E-state index is -3.49. The van der Waals surface area contributed by atoms with Gasteiger partial charge in [-0.2, -0.15) is 4.31 Å². The summed E-state index contributed by atoms with van der Waals surface area (Å²) in [6.45, 7) is 5.02. The highest BCUT2D eigenvalue weighted by molar-refractivity contribution is 7.89. The first-order chi connectivity index (χ1) is 13.9. The Morgan fingerprint density at radius 2 is 1.62 bits per heavy atom. The number of sulfonamides is 1. The molecule has 0 aromatic heterocycles. The Labute approximate surface area is 172 Å². The number of nitrogens with one attached hydrogen (secondary N) is 1. The molecule has 0 radical (unpaired) electrons. The van der Waals surface area contributed by atoms with Crippen LogP contribution in [-0.4, -0.2) is 38.3 Å². The molecule has 0 unspecified atom stereocenters. The molecule has 0 aliphatic carbocycles. The summed E-state index contributed by atoms with van der Waals surface area (Å²) in [5, 5.41) is 2.73. The normalized spacial score (nSPS) is 15.5. The van der Waals surface area contributed by atoms with Gasteiger partial charge in [0.1, 0.15) is 5.75 Å². The van der Waals surface area contributed by atoms with Crippen LogP contribution in [0.25, 0.3) is 0 Å². The predicted molar refractivity (Wildman–Crippen MR) is 114 cm³/mol. The molecular formula is C22H28N2O4S. The summed E-state index contributed by atoms with van der Waals surface area (Å²) in [5.41, 5.74) is 2.80. The maximum absolute atomic E-state index is 12.8. The molecule has 6 nitrogen and oxygen atoms in total. The van der Waals surface area contributed by atoms with Gasteiger partial charge >= 0.3 is 0 Å². The summed E-state index contributed by atoms with van der Waals surface area (Å²) in [7, 11) is -3.49. The van der Waals surface area contributed by atoms with Crippen molar-refractivity contribution in [2.75, 3.05) is 25.0 Å². The van der Waals surface area contributed by atoms with E-state index in [1.54, 1.807) is 28.6 Å². The molecule has 1 aliphatic heterocycles. The molecule has 0 spiro atoms. The Morgan fingerprint density at radius 1 is 0.966 bits per heavy atom. The number of hydrogen-bond acceptors (Lipinski definition) is 4. The second-order valence-electron chi connectivity index (χ2n) is 7.43. The first kappa shape index (κ1) is 21.3. The topological polar surface area (TPSA) is 75.7 Å². The standard InChI is InChI=1S/C22H28N2O4S/c1-17-7-10-20(15-18(17)2)28-16-22(25)23-19-8-11-21(12-9-19)29(26,27)24-13-5-3-4-6-14-24/h7-12,15H,3-6,13-14,16H2,1-2H3,(H,23,25). The molecule has 7 heteroatoms. The first-order valence-corrected chi connectivity index (χ1v) is 11.4. The number of carbonyl (C=O) groups excluding carboxylic acids is 1. The molecule has 1 aliphatic rings. The van der Waals surface area contributed by atoms with Crippen molar-refractivity contribution >= 4 is 21.6 Å². The van der Waals surface area contributed by atoms with E-state index in [1.807, 2.05) is 32.0 Å². The van der Waals surface area contributed by atoms with Crippen LogP contribution in [0.4, 0.5) is 5.69 Å². The van der Waals surface area contributed by atoms with Crippen molar-refractivity contribution in [2.24, 2.45) is 0 Å². The highest BCUT2D eigenvalue weighted by Gasteiger charge is 2.24. The van der Waals surface area contributed by atoms with Gasteiger partial charge in [-0.1, -0.05) is 18.9 Å². The molecule has 1 N–H and O–H groups in total. The molecule has 1 heterocycles. The number of hydrogen-bond donors (Lipinski definition) is 1. The molecule has 29 heavy (non-hydrogen) atoms. The van der Waals surface area contributed by atoms with Gasteiger partial charge in [-0.15, -0.1) is 0 Å². The average molecular weight is 417 g/mol. The van der Waals surface area contributed by atoms with Crippen LogP contribution in [0.3, 0.4) is 0 Å². The maximum atomic E-state index is 12.8.